The predicted octanol–water partition coefficient (Wildman–Crippen LogP) is 5.77. The number of halogens is 2. The molecule has 0 fully saturated rings. The van der Waals surface area contributed by atoms with E-state index in [1.165, 1.54) is 4.90 Å². The van der Waals surface area contributed by atoms with E-state index >= 15 is 0 Å². The van der Waals surface area contributed by atoms with Gasteiger partial charge in [-0.05, 0) is 45.4 Å². The number of carbonyl (C=O) groups excluding carboxylic acids is 2. The largest absolute Gasteiger partial charge is 0.339 e. The lowest BCUT2D eigenvalue weighted by Crippen LogP contribution is -2.36. The number of hydrogen-bond acceptors (Lipinski definition) is 3. The first-order valence-electron chi connectivity index (χ1n) is 11.2. The van der Waals surface area contributed by atoms with Gasteiger partial charge in [0, 0.05) is 24.2 Å². The average Bonchev–Trinajstić information content (AvgIpc) is 2.74. The van der Waals surface area contributed by atoms with Crippen LogP contribution in [0.1, 0.15) is 72.0 Å². The van der Waals surface area contributed by atoms with Gasteiger partial charge in [0.15, 0.2) is 0 Å². The summed E-state index contributed by atoms with van der Waals surface area (Å²) in [6.07, 6.45) is 0. The Bertz CT molecular complexity index is 1160. The van der Waals surface area contributed by atoms with Gasteiger partial charge in [-0.3, -0.25) is 9.59 Å². The Hall–Kier alpha value is -3.53. The number of hydrogen-bond donors (Lipinski definition) is 1. The van der Waals surface area contributed by atoms with Crippen LogP contribution < -0.4 is 5.32 Å². The van der Waals surface area contributed by atoms with Crippen LogP contribution in [0, 0.1) is 42.2 Å². The number of amides is 2. The molecule has 7 heteroatoms. The molecule has 0 spiro atoms. The van der Waals surface area contributed by atoms with E-state index in [0.717, 1.165) is 23.3 Å². The predicted molar refractivity (Wildman–Crippen MR) is 129 cm³/mol. The van der Waals surface area contributed by atoms with Crippen LogP contribution in [-0.4, -0.2) is 29.8 Å². The van der Waals surface area contributed by atoms with Crippen molar-refractivity contribution >= 4 is 17.4 Å². The van der Waals surface area contributed by atoms with Crippen LogP contribution in [-0.2, 0) is 0 Å². The molecule has 5 nitrogen and oxygen atoms in total. The molecule has 0 heterocycles. The fourth-order valence-corrected chi connectivity index (χ4v) is 3.84. The van der Waals surface area contributed by atoms with Crippen LogP contribution in [0.3, 0.4) is 0 Å². The van der Waals surface area contributed by atoms with Crippen LogP contribution in [0.25, 0.3) is 5.57 Å². The number of nitrogens with zero attached hydrogens (tertiary/aromatic N) is 2. The number of carbonyl (C=O) groups is 2. The minimum atomic E-state index is -1.02. The van der Waals surface area contributed by atoms with Crippen molar-refractivity contribution < 1.29 is 18.4 Å². The molecule has 0 saturated heterocycles. The third kappa shape index (κ3) is 5.69. The summed E-state index contributed by atoms with van der Waals surface area (Å²) in [4.78, 5) is 27.6. The SMILES string of the molecule is CCN(CC)C(=O)c1c(F)ccc(F)c1C(=O)NC(=C(C#N)c1cc(C)cc(C)c1)C(C)(C)C. The lowest BCUT2D eigenvalue weighted by atomic mass is 9.85. The molecule has 0 aliphatic heterocycles. The number of rotatable bonds is 6. The van der Waals surface area contributed by atoms with Gasteiger partial charge in [0.05, 0.1) is 16.7 Å². The minimum Gasteiger partial charge on any atom is -0.339 e. The number of nitriles is 1. The Labute approximate surface area is 200 Å². The second kappa shape index (κ2) is 10.6. The summed E-state index contributed by atoms with van der Waals surface area (Å²) in [6.45, 7) is 13.1. The van der Waals surface area contributed by atoms with Gasteiger partial charge in [-0.15, -0.1) is 0 Å². The first-order valence-corrected chi connectivity index (χ1v) is 11.2. The fourth-order valence-electron chi connectivity index (χ4n) is 3.84. The van der Waals surface area contributed by atoms with Gasteiger partial charge < -0.3 is 10.2 Å². The van der Waals surface area contributed by atoms with Crippen molar-refractivity contribution in [3.05, 3.63) is 75.5 Å². The van der Waals surface area contributed by atoms with Gasteiger partial charge in [-0.1, -0.05) is 50.1 Å². The quantitative estimate of drug-likeness (QED) is 0.548. The zero-order chi connectivity index (χ0) is 25.8. The molecule has 0 aromatic heterocycles. The number of allylic oxidation sites excluding steroid dienone is 2. The van der Waals surface area contributed by atoms with Crippen LogP contribution in [0.5, 0.6) is 0 Å². The molecule has 0 saturated carbocycles. The first-order chi connectivity index (χ1) is 15.8. The molecule has 0 aliphatic carbocycles. The van der Waals surface area contributed by atoms with Crippen LogP contribution in [0.15, 0.2) is 36.0 Å². The Balaban J connectivity index is 2.72. The summed E-state index contributed by atoms with van der Waals surface area (Å²) in [6, 6.07) is 9.41. The Morgan fingerprint density at radius 1 is 0.971 bits per heavy atom. The molecule has 0 atom stereocenters. The molecule has 0 aliphatic rings. The third-order valence-corrected chi connectivity index (χ3v) is 5.46. The second-order valence-corrected chi connectivity index (χ2v) is 9.20. The van der Waals surface area contributed by atoms with Gasteiger partial charge in [0.1, 0.15) is 17.7 Å². The average molecular weight is 468 g/mol. The van der Waals surface area contributed by atoms with Crippen LogP contribution in [0.4, 0.5) is 8.78 Å². The Morgan fingerprint density at radius 3 is 1.91 bits per heavy atom. The van der Waals surface area contributed by atoms with Crippen molar-refractivity contribution in [1.29, 1.82) is 5.26 Å². The summed E-state index contributed by atoms with van der Waals surface area (Å²) in [7, 11) is 0. The van der Waals surface area contributed by atoms with E-state index in [9.17, 15) is 23.6 Å². The third-order valence-electron chi connectivity index (χ3n) is 5.46. The van der Waals surface area contributed by atoms with Gasteiger partial charge in [0.25, 0.3) is 11.8 Å². The molecule has 180 valence electrons. The zero-order valence-electron chi connectivity index (χ0n) is 20.8. The van der Waals surface area contributed by atoms with Gasteiger partial charge in [-0.2, -0.15) is 5.26 Å². The lowest BCUT2D eigenvalue weighted by Gasteiger charge is -2.27. The molecule has 34 heavy (non-hydrogen) atoms. The van der Waals surface area contributed by atoms with E-state index < -0.39 is 40.0 Å². The smallest absolute Gasteiger partial charge is 0.259 e. The van der Waals surface area contributed by atoms with Crippen molar-refractivity contribution in [1.82, 2.24) is 10.2 Å². The Morgan fingerprint density at radius 2 is 1.47 bits per heavy atom. The molecule has 2 rings (SSSR count). The zero-order valence-corrected chi connectivity index (χ0v) is 20.8. The summed E-state index contributed by atoms with van der Waals surface area (Å²) >= 11 is 0. The van der Waals surface area contributed by atoms with E-state index in [1.807, 2.05) is 32.0 Å². The summed E-state index contributed by atoms with van der Waals surface area (Å²) < 4.78 is 29.7. The first kappa shape index (κ1) is 26.7. The lowest BCUT2D eigenvalue weighted by molar-refractivity contribution is 0.0759. The van der Waals surface area contributed by atoms with Crippen molar-refractivity contribution in [3.63, 3.8) is 0 Å². The molecule has 0 bridgehead atoms. The highest BCUT2D eigenvalue weighted by Gasteiger charge is 2.31. The summed E-state index contributed by atoms with van der Waals surface area (Å²) in [5.74, 6) is -3.77. The molecular formula is C27H31F2N3O2. The van der Waals surface area contributed by atoms with Crippen molar-refractivity contribution in [2.24, 2.45) is 5.41 Å². The standard InChI is InChI=1S/C27H31F2N3O2/c1-8-32(9-2)26(34)23-21(29)11-10-20(28)22(23)25(33)31-24(27(5,6)7)19(15-30)18-13-16(3)12-17(4)14-18/h10-14H,8-9H2,1-7H3,(H,31,33). The van der Waals surface area contributed by atoms with E-state index in [-0.39, 0.29) is 24.4 Å². The van der Waals surface area contributed by atoms with E-state index in [4.69, 9.17) is 0 Å². The number of benzene rings is 2. The maximum absolute atomic E-state index is 14.9. The monoisotopic (exact) mass is 467 g/mol. The normalized spacial score (nSPS) is 12.0. The molecule has 2 amide bonds. The summed E-state index contributed by atoms with van der Waals surface area (Å²) in [5, 5.41) is 12.6. The van der Waals surface area contributed by atoms with Crippen molar-refractivity contribution in [2.75, 3.05) is 13.1 Å². The molecule has 1 N–H and O–H groups in total. The highest BCUT2D eigenvalue weighted by atomic mass is 19.1. The van der Waals surface area contributed by atoms with Crippen molar-refractivity contribution in [2.45, 2.75) is 48.5 Å². The molecule has 2 aromatic carbocycles. The fraction of sp³-hybridized carbons (Fsp3) is 0.370. The minimum absolute atomic E-state index is 0.209. The van der Waals surface area contributed by atoms with Gasteiger partial charge >= 0.3 is 0 Å². The van der Waals surface area contributed by atoms with Gasteiger partial charge in [-0.25, -0.2) is 8.78 Å². The number of nitrogens with one attached hydrogen (secondary N) is 1. The van der Waals surface area contributed by atoms with Crippen molar-refractivity contribution in [3.8, 4) is 6.07 Å². The molecule has 0 radical (unpaired) electrons. The molecule has 2 aromatic rings. The topological polar surface area (TPSA) is 73.2 Å². The Kier molecular flexibility index (Phi) is 8.33. The van der Waals surface area contributed by atoms with E-state index in [1.54, 1.807) is 34.6 Å². The summed E-state index contributed by atoms with van der Waals surface area (Å²) in [5.41, 5.74) is 0.887. The molecular weight excluding hydrogens is 436 g/mol. The maximum atomic E-state index is 14.9. The second-order valence-electron chi connectivity index (χ2n) is 9.20. The van der Waals surface area contributed by atoms with Gasteiger partial charge in [0.2, 0.25) is 0 Å². The highest BCUT2D eigenvalue weighted by Crippen LogP contribution is 2.32. The van der Waals surface area contributed by atoms with E-state index in [0.29, 0.717) is 5.56 Å². The highest BCUT2D eigenvalue weighted by molar-refractivity contribution is 6.08. The molecule has 0 unspecified atom stereocenters. The van der Waals surface area contributed by atoms with E-state index in [2.05, 4.69) is 11.4 Å². The maximum Gasteiger partial charge on any atom is 0.259 e. The van der Waals surface area contributed by atoms with Crippen LogP contribution in [0.2, 0.25) is 0 Å². The number of aryl methyl sites for hydroxylation is 2. The van der Waals surface area contributed by atoms with Crippen LogP contribution >= 0.6 is 0 Å².